The summed E-state index contributed by atoms with van der Waals surface area (Å²) in [5, 5.41) is 0. The highest BCUT2D eigenvalue weighted by atomic mass is 19.4. The minimum atomic E-state index is -4.45. The molecule has 0 radical (unpaired) electrons. The Hall–Kier alpha value is -1.52. The molecule has 0 saturated heterocycles. The maximum atomic E-state index is 12.6. The Labute approximate surface area is 84.9 Å². The van der Waals surface area contributed by atoms with Crippen molar-refractivity contribution in [1.29, 1.82) is 0 Å². The lowest BCUT2D eigenvalue weighted by Gasteiger charge is -2.14. The van der Waals surface area contributed by atoms with Crippen molar-refractivity contribution in [2.24, 2.45) is 5.73 Å². The van der Waals surface area contributed by atoms with E-state index in [9.17, 15) is 18.0 Å². The lowest BCUT2D eigenvalue weighted by atomic mass is 9.99. The first-order valence-corrected chi connectivity index (χ1v) is 4.26. The highest BCUT2D eigenvalue weighted by molar-refractivity contribution is 5.77. The van der Waals surface area contributed by atoms with Crippen LogP contribution in [0.4, 0.5) is 13.2 Å². The van der Waals surface area contributed by atoms with Crippen LogP contribution < -0.4 is 5.73 Å². The normalized spacial score (nSPS) is 11.5. The molecule has 15 heavy (non-hydrogen) atoms. The van der Waals surface area contributed by atoms with Crippen molar-refractivity contribution in [1.82, 2.24) is 0 Å². The summed E-state index contributed by atoms with van der Waals surface area (Å²) in [4.78, 5) is 10.6. The first kappa shape index (κ1) is 11.6. The zero-order valence-electron chi connectivity index (χ0n) is 8.06. The molecule has 0 heterocycles. The molecule has 1 amide bonds. The van der Waals surface area contributed by atoms with Gasteiger partial charge in [0, 0.05) is 0 Å². The molecule has 0 unspecified atom stereocenters. The van der Waals surface area contributed by atoms with Gasteiger partial charge >= 0.3 is 6.18 Å². The van der Waals surface area contributed by atoms with Gasteiger partial charge in [0.2, 0.25) is 5.91 Å². The summed E-state index contributed by atoms with van der Waals surface area (Å²) in [6, 6.07) is 4.09. The van der Waals surface area contributed by atoms with Crippen LogP contribution in [-0.2, 0) is 17.4 Å². The average molecular weight is 217 g/mol. The zero-order chi connectivity index (χ0) is 11.6. The van der Waals surface area contributed by atoms with Gasteiger partial charge in [0.15, 0.2) is 0 Å². The van der Waals surface area contributed by atoms with Crippen LogP contribution in [0.3, 0.4) is 0 Å². The predicted octanol–water partition coefficient (Wildman–Crippen LogP) is 2.04. The molecule has 0 spiro atoms. The van der Waals surface area contributed by atoms with E-state index in [0.29, 0.717) is 0 Å². The lowest BCUT2D eigenvalue weighted by molar-refractivity contribution is -0.138. The molecule has 5 heteroatoms. The van der Waals surface area contributed by atoms with Crippen molar-refractivity contribution in [2.75, 3.05) is 0 Å². The van der Waals surface area contributed by atoms with Crippen LogP contribution in [0.5, 0.6) is 0 Å². The molecule has 1 rings (SSSR count). The van der Waals surface area contributed by atoms with Gasteiger partial charge in [-0.15, -0.1) is 0 Å². The monoisotopic (exact) mass is 217 g/mol. The van der Waals surface area contributed by atoms with Gasteiger partial charge in [0.1, 0.15) is 0 Å². The Morgan fingerprint density at radius 1 is 1.40 bits per heavy atom. The lowest BCUT2D eigenvalue weighted by Crippen LogP contribution is -2.18. The van der Waals surface area contributed by atoms with Crippen LogP contribution in [0, 0.1) is 6.92 Å². The molecule has 0 atom stereocenters. The van der Waals surface area contributed by atoms with E-state index < -0.39 is 24.1 Å². The van der Waals surface area contributed by atoms with Gasteiger partial charge in [-0.3, -0.25) is 4.79 Å². The van der Waals surface area contributed by atoms with Crippen molar-refractivity contribution in [3.63, 3.8) is 0 Å². The fraction of sp³-hybridized carbons (Fsp3) is 0.300. The Morgan fingerprint density at radius 2 is 2.00 bits per heavy atom. The smallest absolute Gasteiger partial charge is 0.369 e. The highest BCUT2D eigenvalue weighted by Gasteiger charge is 2.34. The molecular weight excluding hydrogens is 207 g/mol. The summed E-state index contributed by atoms with van der Waals surface area (Å²) in [5.41, 5.74) is 4.14. The molecule has 0 fully saturated rings. The first-order chi connectivity index (χ1) is 6.82. The number of hydrogen-bond donors (Lipinski definition) is 1. The number of carbonyl (C=O) groups is 1. The largest absolute Gasteiger partial charge is 0.416 e. The van der Waals surface area contributed by atoms with Gasteiger partial charge in [-0.25, -0.2) is 0 Å². The van der Waals surface area contributed by atoms with Gasteiger partial charge < -0.3 is 5.73 Å². The number of rotatable bonds is 2. The van der Waals surface area contributed by atoms with Crippen LogP contribution in [0.2, 0.25) is 0 Å². The number of alkyl halides is 3. The number of amides is 1. The van der Waals surface area contributed by atoms with Gasteiger partial charge in [-0.2, -0.15) is 13.2 Å². The number of hydrogen-bond acceptors (Lipinski definition) is 1. The van der Waals surface area contributed by atoms with Crippen LogP contribution in [0.15, 0.2) is 18.2 Å². The number of aryl methyl sites for hydroxylation is 1. The zero-order valence-corrected chi connectivity index (χ0v) is 8.06. The van der Waals surface area contributed by atoms with E-state index in [4.69, 9.17) is 5.73 Å². The third-order valence-corrected chi connectivity index (χ3v) is 2.01. The second-order valence-electron chi connectivity index (χ2n) is 3.25. The van der Waals surface area contributed by atoms with Crippen molar-refractivity contribution in [2.45, 2.75) is 19.5 Å². The molecule has 2 N–H and O–H groups in total. The van der Waals surface area contributed by atoms with Crippen LogP contribution in [0.25, 0.3) is 0 Å². The third-order valence-electron chi connectivity index (χ3n) is 2.01. The van der Waals surface area contributed by atoms with Crippen LogP contribution >= 0.6 is 0 Å². The summed E-state index contributed by atoms with van der Waals surface area (Å²) in [6.45, 7) is 1.35. The topological polar surface area (TPSA) is 43.1 Å². The van der Waals surface area contributed by atoms with Crippen molar-refractivity contribution >= 4 is 5.91 Å². The maximum absolute atomic E-state index is 12.6. The van der Waals surface area contributed by atoms with Crippen molar-refractivity contribution < 1.29 is 18.0 Å². The average Bonchev–Trinajstić information content (AvgIpc) is 1.99. The number of carbonyl (C=O) groups excluding carboxylic acids is 1. The number of primary amides is 1. The Bertz CT molecular complexity index is 385. The molecule has 0 aromatic heterocycles. The molecule has 0 saturated carbocycles. The summed E-state index contributed by atoms with van der Waals surface area (Å²) >= 11 is 0. The van der Waals surface area contributed by atoms with E-state index in [2.05, 4.69) is 0 Å². The molecule has 1 aromatic carbocycles. The van der Waals surface area contributed by atoms with Gasteiger partial charge in [0.25, 0.3) is 0 Å². The predicted molar refractivity (Wildman–Crippen MR) is 49.1 cm³/mol. The number of benzene rings is 1. The second-order valence-corrected chi connectivity index (χ2v) is 3.25. The minimum absolute atomic E-state index is 0.0741. The SMILES string of the molecule is Cc1cccc(CC(N)=O)c1C(F)(F)F. The molecule has 0 bridgehead atoms. The summed E-state index contributed by atoms with van der Waals surface area (Å²) in [6.07, 6.45) is -4.84. The maximum Gasteiger partial charge on any atom is 0.416 e. The summed E-state index contributed by atoms with van der Waals surface area (Å²) in [5.74, 6) is -0.772. The molecular formula is C10H10F3NO. The van der Waals surface area contributed by atoms with E-state index in [1.807, 2.05) is 0 Å². The Kier molecular flexibility index (Phi) is 3.02. The molecule has 0 aliphatic rings. The van der Waals surface area contributed by atoms with E-state index >= 15 is 0 Å². The number of halogens is 3. The standard InChI is InChI=1S/C10H10F3NO/c1-6-3-2-4-7(5-8(14)15)9(6)10(11,12)13/h2-4H,5H2,1H3,(H2,14,15). The van der Waals surface area contributed by atoms with Crippen LogP contribution in [-0.4, -0.2) is 5.91 Å². The molecule has 2 nitrogen and oxygen atoms in total. The highest BCUT2D eigenvalue weighted by Crippen LogP contribution is 2.34. The van der Waals surface area contributed by atoms with E-state index in [0.717, 1.165) is 0 Å². The van der Waals surface area contributed by atoms with Crippen LogP contribution in [0.1, 0.15) is 16.7 Å². The summed E-state index contributed by atoms with van der Waals surface area (Å²) < 4.78 is 37.8. The van der Waals surface area contributed by atoms with Gasteiger partial charge in [-0.1, -0.05) is 18.2 Å². The Morgan fingerprint density at radius 3 is 2.47 bits per heavy atom. The van der Waals surface area contributed by atoms with Crippen molar-refractivity contribution in [3.8, 4) is 0 Å². The molecule has 0 aliphatic carbocycles. The fourth-order valence-corrected chi connectivity index (χ4v) is 1.47. The second kappa shape index (κ2) is 3.92. The Balaban J connectivity index is 3.27. The van der Waals surface area contributed by atoms with E-state index in [1.54, 1.807) is 0 Å². The fourth-order valence-electron chi connectivity index (χ4n) is 1.47. The van der Waals surface area contributed by atoms with Gasteiger partial charge in [-0.05, 0) is 18.1 Å². The van der Waals surface area contributed by atoms with E-state index in [-0.39, 0.29) is 11.1 Å². The molecule has 1 aromatic rings. The molecule has 82 valence electrons. The van der Waals surface area contributed by atoms with E-state index in [1.165, 1.54) is 25.1 Å². The third kappa shape index (κ3) is 2.71. The quantitative estimate of drug-likeness (QED) is 0.809. The molecule has 0 aliphatic heterocycles. The summed E-state index contributed by atoms with van der Waals surface area (Å²) in [7, 11) is 0. The van der Waals surface area contributed by atoms with Crippen molar-refractivity contribution in [3.05, 3.63) is 34.9 Å². The number of nitrogens with two attached hydrogens (primary N) is 1. The van der Waals surface area contributed by atoms with Gasteiger partial charge in [0.05, 0.1) is 12.0 Å². The first-order valence-electron chi connectivity index (χ1n) is 4.26. The minimum Gasteiger partial charge on any atom is -0.369 e.